The van der Waals surface area contributed by atoms with Crippen molar-refractivity contribution in [1.29, 1.82) is 0 Å². The fourth-order valence-corrected chi connectivity index (χ4v) is 3.51. The highest BCUT2D eigenvalue weighted by molar-refractivity contribution is 5.76. The van der Waals surface area contributed by atoms with Crippen LogP contribution in [-0.2, 0) is 4.79 Å². The van der Waals surface area contributed by atoms with E-state index in [9.17, 15) is 4.79 Å². The molecule has 17 heavy (non-hydrogen) atoms. The van der Waals surface area contributed by atoms with E-state index in [0.717, 1.165) is 30.8 Å². The van der Waals surface area contributed by atoms with Crippen molar-refractivity contribution in [3.8, 4) is 0 Å². The van der Waals surface area contributed by atoms with Crippen molar-refractivity contribution >= 4 is 5.91 Å². The van der Waals surface area contributed by atoms with Crippen LogP contribution in [-0.4, -0.2) is 25.0 Å². The molecule has 2 aliphatic carbocycles. The minimum atomic E-state index is 0.167. The topological polar surface area (TPSA) is 41.1 Å². The second kappa shape index (κ2) is 5.85. The average Bonchev–Trinajstić information content (AvgIpc) is 2.85. The Labute approximate surface area is 105 Å². The molecular weight excluding hydrogens is 212 g/mol. The lowest BCUT2D eigenvalue weighted by molar-refractivity contribution is -0.121. The molecule has 98 valence electrons. The van der Waals surface area contributed by atoms with E-state index < -0.39 is 0 Å². The Morgan fingerprint density at radius 2 is 2.12 bits per heavy atom. The van der Waals surface area contributed by atoms with Crippen LogP contribution in [0.4, 0.5) is 0 Å². The Balaban J connectivity index is 1.53. The summed E-state index contributed by atoms with van der Waals surface area (Å²) in [4.78, 5) is 11.4. The van der Waals surface area contributed by atoms with Crippen LogP contribution in [0.1, 0.15) is 46.0 Å². The van der Waals surface area contributed by atoms with E-state index in [2.05, 4.69) is 10.6 Å². The summed E-state index contributed by atoms with van der Waals surface area (Å²) < 4.78 is 0. The minimum absolute atomic E-state index is 0.167. The van der Waals surface area contributed by atoms with E-state index in [1.54, 1.807) is 0 Å². The number of hydrogen-bond donors (Lipinski definition) is 2. The molecule has 0 aromatic carbocycles. The standard InChI is InChI=1S/C14H26N2O/c1-10(2)16-14(17)5-6-15-9-13-8-11-3-4-12(13)7-11/h10-13,15H,3-9H2,1-2H3,(H,16,17). The largest absolute Gasteiger partial charge is 0.354 e. The number of carbonyl (C=O) groups excluding carboxylic acids is 1. The van der Waals surface area contributed by atoms with E-state index in [-0.39, 0.29) is 11.9 Å². The zero-order valence-electron chi connectivity index (χ0n) is 11.2. The van der Waals surface area contributed by atoms with Crippen LogP contribution in [0.25, 0.3) is 0 Å². The summed E-state index contributed by atoms with van der Waals surface area (Å²) >= 11 is 0. The van der Waals surface area contributed by atoms with Crippen LogP contribution in [0.3, 0.4) is 0 Å². The van der Waals surface area contributed by atoms with Gasteiger partial charge in [0.15, 0.2) is 0 Å². The van der Waals surface area contributed by atoms with Crippen molar-refractivity contribution in [3.05, 3.63) is 0 Å². The van der Waals surface area contributed by atoms with Crippen molar-refractivity contribution in [2.75, 3.05) is 13.1 Å². The first-order chi connectivity index (χ1) is 8.15. The average molecular weight is 238 g/mol. The Hall–Kier alpha value is -0.570. The van der Waals surface area contributed by atoms with Crippen LogP contribution < -0.4 is 10.6 Å². The molecule has 2 saturated carbocycles. The van der Waals surface area contributed by atoms with Gasteiger partial charge in [0.1, 0.15) is 0 Å². The molecule has 3 unspecified atom stereocenters. The number of amides is 1. The Kier molecular flexibility index (Phi) is 4.43. The molecule has 2 rings (SSSR count). The summed E-state index contributed by atoms with van der Waals surface area (Å²) in [5.41, 5.74) is 0. The third-order valence-corrected chi connectivity index (χ3v) is 4.27. The van der Waals surface area contributed by atoms with Crippen LogP contribution in [0.15, 0.2) is 0 Å². The maximum atomic E-state index is 11.4. The molecule has 0 aromatic heterocycles. The van der Waals surface area contributed by atoms with Gasteiger partial charge in [-0.05, 0) is 57.4 Å². The zero-order chi connectivity index (χ0) is 12.3. The predicted octanol–water partition coefficient (Wildman–Crippen LogP) is 1.93. The van der Waals surface area contributed by atoms with E-state index in [4.69, 9.17) is 0 Å². The summed E-state index contributed by atoms with van der Waals surface area (Å²) in [5.74, 6) is 3.07. The monoisotopic (exact) mass is 238 g/mol. The maximum Gasteiger partial charge on any atom is 0.221 e. The van der Waals surface area contributed by atoms with Gasteiger partial charge in [0.2, 0.25) is 5.91 Å². The van der Waals surface area contributed by atoms with E-state index in [0.29, 0.717) is 6.42 Å². The van der Waals surface area contributed by atoms with Gasteiger partial charge in [-0.3, -0.25) is 4.79 Å². The smallest absolute Gasteiger partial charge is 0.221 e. The zero-order valence-corrected chi connectivity index (χ0v) is 11.2. The Morgan fingerprint density at radius 1 is 1.29 bits per heavy atom. The summed E-state index contributed by atoms with van der Waals surface area (Å²) in [6, 6.07) is 0.257. The lowest BCUT2D eigenvalue weighted by atomic mass is 9.89. The molecular formula is C14H26N2O. The first-order valence-electron chi connectivity index (χ1n) is 7.15. The summed E-state index contributed by atoms with van der Waals surface area (Å²) in [6.45, 7) is 5.95. The number of hydrogen-bond acceptors (Lipinski definition) is 2. The lowest BCUT2D eigenvalue weighted by Crippen LogP contribution is -2.34. The SMILES string of the molecule is CC(C)NC(=O)CCNCC1CC2CCC1C2. The van der Waals surface area contributed by atoms with Gasteiger partial charge in [0, 0.05) is 19.0 Å². The number of nitrogens with one attached hydrogen (secondary N) is 2. The quantitative estimate of drug-likeness (QED) is 0.694. The van der Waals surface area contributed by atoms with Crippen LogP contribution in [0.2, 0.25) is 0 Å². The minimum Gasteiger partial charge on any atom is -0.354 e. The van der Waals surface area contributed by atoms with E-state index >= 15 is 0 Å². The van der Waals surface area contributed by atoms with Gasteiger partial charge in [-0.15, -0.1) is 0 Å². The van der Waals surface area contributed by atoms with Crippen LogP contribution in [0.5, 0.6) is 0 Å². The third kappa shape index (κ3) is 3.70. The molecule has 0 aromatic rings. The van der Waals surface area contributed by atoms with Gasteiger partial charge >= 0.3 is 0 Å². The summed E-state index contributed by atoms with van der Waals surface area (Å²) in [5, 5.41) is 6.37. The third-order valence-electron chi connectivity index (χ3n) is 4.27. The highest BCUT2D eigenvalue weighted by Crippen LogP contribution is 2.47. The highest BCUT2D eigenvalue weighted by atomic mass is 16.1. The van der Waals surface area contributed by atoms with Gasteiger partial charge in [0.05, 0.1) is 0 Å². The first-order valence-corrected chi connectivity index (χ1v) is 7.15. The molecule has 1 amide bonds. The predicted molar refractivity (Wildman–Crippen MR) is 69.7 cm³/mol. The first kappa shape index (κ1) is 12.9. The second-order valence-electron chi connectivity index (χ2n) is 6.11. The van der Waals surface area contributed by atoms with Gasteiger partial charge in [-0.1, -0.05) is 6.42 Å². The number of fused-ring (bicyclic) bond motifs is 2. The van der Waals surface area contributed by atoms with Crippen LogP contribution >= 0.6 is 0 Å². The van der Waals surface area contributed by atoms with Crippen molar-refractivity contribution < 1.29 is 4.79 Å². The highest BCUT2D eigenvalue weighted by Gasteiger charge is 2.38. The normalized spacial score (nSPS) is 31.1. The number of carbonyl (C=O) groups is 1. The van der Waals surface area contributed by atoms with E-state index in [1.807, 2.05) is 13.8 Å². The molecule has 2 bridgehead atoms. The second-order valence-corrected chi connectivity index (χ2v) is 6.11. The summed E-state index contributed by atoms with van der Waals surface area (Å²) in [6.07, 6.45) is 6.43. The van der Waals surface area contributed by atoms with Crippen molar-refractivity contribution in [2.24, 2.45) is 17.8 Å². The number of rotatable bonds is 6. The van der Waals surface area contributed by atoms with Crippen molar-refractivity contribution in [1.82, 2.24) is 10.6 Å². The van der Waals surface area contributed by atoms with Gasteiger partial charge in [-0.2, -0.15) is 0 Å². The molecule has 0 heterocycles. The van der Waals surface area contributed by atoms with Crippen LogP contribution in [0, 0.1) is 17.8 Å². The molecule has 3 nitrogen and oxygen atoms in total. The van der Waals surface area contributed by atoms with Gasteiger partial charge in [0.25, 0.3) is 0 Å². The van der Waals surface area contributed by atoms with Crippen molar-refractivity contribution in [3.63, 3.8) is 0 Å². The lowest BCUT2D eigenvalue weighted by Gasteiger charge is -2.21. The molecule has 2 aliphatic rings. The molecule has 0 spiro atoms. The fourth-order valence-electron chi connectivity index (χ4n) is 3.51. The Bertz CT molecular complexity index is 265. The fraction of sp³-hybridized carbons (Fsp3) is 0.929. The molecule has 3 heteroatoms. The molecule has 2 fully saturated rings. The Morgan fingerprint density at radius 3 is 2.71 bits per heavy atom. The van der Waals surface area contributed by atoms with Gasteiger partial charge < -0.3 is 10.6 Å². The van der Waals surface area contributed by atoms with Gasteiger partial charge in [-0.25, -0.2) is 0 Å². The van der Waals surface area contributed by atoms with Crippen molar-refractivity contribution in [2.45, 2.75) is 52.0 Å². The molecule has 0 saturated heterocycles. The molecule has 0 aliphatic heterocycles. The van der Waals surface area contributed by atoms with E-state index in [1.165, 1.54) is 25.7 Å². The molecule has 3 atom stereocenters. The summed E-state index contributed by atoms with van der Waals surface area (Å²) in [7, 11) is 0. The molecule has 2 N–H and O–H groups in total. The molecule has 0 radical (unpaired) electrons. The maximum absolute atomic E-state index is 11.4.